The lowest BCUT2D eigenvalue weighted by Gasteiger charge is -2.35. The number of nitrogens with one attached hydrogen (secondary N) is 2. The van der Waals surface area contributed by atoms with E-state index in [1.165, 1.54) is 6.07 Å². The number of halogens is 4. The molecule has 1 aliphatic rings. The van der Waals surface area contributed by atoms with E-state index in [0.717, 1.165) is 34.9 Å². The topological polar surface area (TPSA) is 100 Å². The standard InChI is InChI=1S/C28H36F4N6O2S/c1-16(2)21-13-18(24-8-7-23(17(3)34-24)37-41(39,40)11-10-28(30,31)32)12-19-15-33-27(36-26(19)21)35-20-6-9-25(38(4)5)22(29)14-20/h7-8,12-13,15-16,20,22,25,37H,6,9-11,14H2,1-5H3,(H,33,35,36)/t20-,22?,25-/m1/s1. The fraction of sp³-hybridized carbons (Fsp3) is 0.536. The summed E-state index contributed by atoms with van der Waals surface area (Å²) in [5, 5.41) is 4.10. The average molecular weight is 597 g/mol. The van der Waals surface area contributed by atoms with E-state index in [4.69, 9.17) is 4.98 Å². The van der Waals surface area contributed by atoms with Gasteiger partial charge in [-0.3, -0.25) is 9.71 Å². The van der Waals surface area contributed by atoms with E-state index in [1.807, 2.05) is 45.0 Å². The quantitative estimate of drug-likeness (QED) is 0.290. The Hall–Kier alpha value is -3.06. The average Bonchev–Trinajstić information content (AvgIpc) is 2.87. The number of aryl methyl sites for hydroxylation is 1. The molecule has 1 fully saturated rings. The number of hydrogen-bond donors (Lipinski definition) is 2. The Bertz CT molecular complexity index is 1500. The fourth-order valence-corrected chi connectivity index (χ4v) is 6.28. The number of hydrogen-bond acceptors (Lipinski definition) is 7. The van der Waals surface area contributed by atoms with E-state index in [2.05, 4.69) is 20.0 Å². The van der Waals surface area contributed by atoms with Crippen molar-refractivity contribution in [3.63, 3.8) is 0 Å². The first-order chi connectivity index (χ1) is 19.1. The molecule has 1 aliphatic carbocycles. The summed E-state index contributed by atoms with van der Waals surface area (Å²) < 4.78 is 78.7. The van der Waals surface area contributed by atoms with Crippen molar-refractivity contribution in [3.05, 3.63) is 41.7 Å². The fourth-order valence-electron chi connectivity index (χ4n) is 5.12. The molecule has 4 rings (SSSR count). The third-order valence-corrected chi connectivity index (χ3v) is 8.64. The number of pyridine rings is 1. The van der Waals surface area contributed by atoms with Crippen LogP contribution in [0.2, 0.25) is 0 Å². The molecule has 0 aliphatic heterocycles. The van der Waals surface area contributed by atoms with Gasteiger partial charge in [-0.2, -0.15) is 13.2 Å². The number of fused-ring (bicyclic) bond motifs is 1. The smallest absolute Gasteiger partial charge is 0.351 e. The first-order valence-corrected chi connectivity index (χ1v) is 15.2. The van der Waals surface area contributed by atoms with Gasteiger partial charge in [0.2, 0.25) is 16.0 Å². The number of alkyl halides is 4. The number of anilines is 2. The Morgan fingerprint density at radius 3 is 2.46 bits per heavy atom. The van der Waals surface area contributed by atoms with Crippen LogP contribution in [0.5, 0.6) is 0 Å². The lowest BCUT2D eigenvalue weighted by molar-refractivity contribution is -0.129. The largest absolute Gasteiger partial charge is 0.390 e. The van der Waals surface area contributed by atoms with Crippen LogP contribution in [0.1, 0.15) is 56.7 Å². The monoisotopic (exact) mass is 596 g/mol. The molecule has 0 radical (unpaired) electrons. The van der Waals surface area contributed by atoms with Gasteiger partial charge in [0.15, 0.2) is 0 Å². The van der Waals surface area contributed by atoms with E-state index < -0.39 is 34.5 Å². The van der Waals surface area contributed by atoms with Gasteiger partial charge in [-0.05, 0) is 69.6 Å². The van der Waals surface area contributed by atoms with Crippen LogP contribution >= 0.6 is 0 Å². The van der Waals surface area contributed by atoms with E-state index in [9.17, 15) is 26.0 Å². The van der Waals surface area contributed by atoms with Crippen molar-refractivity contribution in [2.75, 3.05) is 29.9 Å². The molecular weight excluding hydrogens is 560 g/mol. The zero-order valence-corrected chi connectivity index (χ0v) is 24.6. The van der Waals surface area contributed by atoms with Gasteiger partial charge >= 0.3 is 6.18 Å². The van der Waals surface area contributed by atoms with Crippen molar-refractivity contribution in [1.29, 1.82) is 0 Å². The Balaban J connectivity index is 1.56. The summed E-state index contributed by atoms with van der Waals surface area (Å²) in [5.74, 6) is -0.515. The summed E-state index contributed by atoms with van der Waals surface area (Å²) in [6.07, 6.45) is -3.26. The van der Waals surface area contributed by atoms with Gasteiger partial charge in [-0.15, -0.1) is 0 Å². The van der Waals surface area contributed by atoms with Crippen LogP contribution in [0.3, 0.4) is 0 Å². The number of aromatic nitrogens is 3. The van der Waals surface area contributed by atoms with Gasteiger partial charge in [0.1, 0.15) is 6.17 Å². The van der Waals surface area contributed by atoms with Crippen LogP contribution in [-0.4, -0.2) is 72.5 Å². The molecule has 41 heavy (non-hydrogen) atoms. The molecule has 0 saturated heterocycles. The van der Waals surface area contributed by atoms with Gasteiger partial charge in [0.05, 0.1) is 34.8 Å². The molecule has 1 saturated carbocycles. The molecular formula is C28H36F4N6O2S. The molecule has 224 valence electrons. The zero-order valence-electron chi connectivity index (χ0n) is 23.8. The van der Waals surface area contributed by atoms with Crippen LogP contribution in [-0.2, 0) is 10.0 Å². The predicted molar refractivity (Wildman–Crippen MR) is 153 cm³/mol. The second kappa shape index (κ2) is 12.0. The predicted octanol–water partition coefficient (Wildman–Crippen LogP) is 6.05. The molecule has 0 bridgehead atoms. The van der Waals surface area contributed by atoms with E-state index in [-0.39, 0.29) is 23.7 Å². The second-order valence-electron chi connectivity index (χ2n) is 11.2. The van der Waals surface area contributed by atoms with Crippen LogP contribution < -0.4 is 10.0 Å². The Morgan fingerprint density at radius 1 is 1.12 bits per heavy atom. The SMILES string of the molecule is Cc1nc(-c2cc(C(C)C)c3nc(N[C@@H]4CC[C@@H](N(C)C)C(F)C4)ncc3c2)ccc1NS(=O)(=O)CCC(F)(F)F. The lowest BCUT2D eigenvalue weighted by Crippen LogP contribution is -2.44. The minimum atomic E-state index is -4.57. The second-order valence-corrected chi connectivity index (χ2v) is 13.0. The van der Waals surface area contributed by atoms with Crippen LogP contribution in [0.4, 0.5) is 29.2 Å². The minimum absolute atomic E-state index is 0.0583. The molecule has 0 spiro atoms. The maximum atomic E-state index is 14.7. The highest BCUT2D eigenvalue weighted by molar-refractivity contribution is 7.92. The zero-order chi connectivity index (χ0) is 30.1. The number of sulfonamides is 1. The summed E-state index contributed by atoms with van der Waals surface area (Å²) in [5.41, 5.74) is 3.51. The van der Waals surface area contributed by atoms with Gasteiger partial charge in [0, 0.05) is 35.7 Å². The summed E-state index contributed by atoms with van der Waals surface area (Å²) in [7, 11) is -0.400. The Kier molecular flexibility index (Phi) is 9.07. The Labute approximate surface area is 238 Å². The molecule has 2 aromatic heterocycles. The number of benzene rings is 1. The van der Waals surface area contributed by atoms with E-state index >= 15 is 0 Å². The lowest BCUT2D eigenvalue weighted by atomic mass is 9.89. The minimum Gasteiger partial charge on any atom is -0.351 e. The molecule has 1 unspecified atom stereocenters. The van der Waals surface area contributed by atoms with Crippen LogP contribution in [0.15, 0.2) is 30.5 Å². The molecule has 3 atom stereocenters. The van der Waals surface area contributed by atoms with Gasteiger partial charge < -0.3 is 10.2 Å². The summed E-state index contributed by atoms with van der Waals surface area (Å²) in [6.45, 7) is 5.67. The molecule has 1 aromatic carbocycles. The molecule has 13 heteroatoms. The van der Waals surface area contributed by atoms with Gasteiger partial charge in [-0.1, -0.05) is 13.8 Å². The summed E-state index contributed by atoms with van der Waals surface area (Å²) in [6, 6.07) is 6.83. The first-order valence-electron chi connectivity index (χ1n) is 13.5. The van der Waals surface area contributed by atoms with Crippen molar-refractivity contribution >= 4 is 32.6 Å². The maximum absolute atomic E-state index is 14.7. The molecule has 2 N–H and O–H groups in total. The van der Waals surface area contributed by atoms with Crippen molar-refractivity contribution in [3.8, 4) is 11.3 Å². The van der Waals surface area contributed by atoms with Gasteiger partial charge in [0.25, 0.3) is 0 Å². The highest BCUT2D eigenvalue weighted by Crippen LogP contribution is 2.33. The highest BCUT2D eigenvalue weighted by atomic mass is 32.2. The molecule has 3 aromatic rings. The molecule has 2 heterocycles. The highest BCUT2D eigenvalue weighted by Gasteiger charge is 2.32. The number of rotatable bonds is 9. The van der Waals surface area contributed by atoms with E-state index in [0.29, 0.717) is 23.8 Å². The van der Waals surface area contributed by atoms with Crippen LogP contribution in [0.25, 0.3) is 22.2 Å². The van der Waals surface area contributed by atoms with Gasteiger partial charge in [-0.25, -0.2) is 22.8 Å². The summed E-state index contributed by atoms with van der Waals surface area (Å²) in [4.78, 5) is 15.7. The summed E-state index contributed by atoms with van der Waals surface area (Å²) >= 11 is 0. The van der Waals surface area contributed by atoms with Crippen molar-refractivity contribution in [1.82, 2.24) is 19.9 Å². The number of nitrogens with zero attached hydrogens (tertiary/aromatic N) is 4. The maximum Gasteiger partial charge on any atom is 0.390 e. The molecule has 8 nitrogen and oxygen atoms in total. The van der Waals surface area contributed by atoms with Crippen molar-refractivity contribution in [2.24, 2.45) is 0 Å². The first kappa shape index (κ1) is 30.9. The third-order valence-electron chi connectivity index (χ3n) is 7.37. The van der Waals surface area contributed by atoms with Crippen LogP contribution in [0, 0.1) is 6.92 Å². The third kappa shape index (κ3) is 7.82. The van der Waals surface area contributed by atoms with Crippen molar-refractivity contribution < 1.29 is 26.0 Å². The van der Waals surface area contributed by atoms with E-state index in [1.54, 1.807) is 19.2 Å². The van der Waals surface area contributed by atoms with Crippen molar-refractivity contribution in [2.45, 2.75) is 76.8 Å². The normalized spacial score (nSPS) is 20.1. The molecule has 0 amide bonds. The Morgan fingerprint density at radius 2 is 1.85 bits per heavy atom.